The zero-order valence-corrected chi connectivity index (χ0v) is 13.5. The van der Waals surface area contributed by atoms with E-state index in [0.29, 0.717) is 35.6 Å². The van der Waals surface area contributed by atoms with Crippen LogP contribution < -0.4 is 14.8 Å². The molecule has 0 aliphatic carbocycles. The molecule has 0 aromatic heterocycles. The predicted molar refractivity (Wildman–Crippen MR) is 87.6 cm³/mol. The van der Waals surface area contributed by atoms with Crippen LogP contribution in [0.4, 0.5) is 10.1 Å². The Kier molecular flexibility index (Phi) is 5.57. The summed E-state index contributed by atoms with van der Waals surface area (Å²) in [6.45, 7) is 1.76. The topological polar surface area (TPSA) is 47.6 Å². The number of anilines is 1. The second kappa shape index (κ2) is 7.63. The van der Waals surface area contributed by atoms with E-state index in [1.165, 1.54) is 12.1 Å². The van der Waals surface area contributed by atoms with E-state index >= 15 is 0 Å². The minimum Gasteiger partial charge on any atom is -0.493 e. The van der Waals surface area contributed by atoms with Gasteiger partial charge in [-0.1, -0.05) is 6.07 Å². The lowest BCUT2D eigenvalue weighted by atomic mass is 10.1. The van der Waals surface area contributed by atoms with Gasteiger partial charge in [0.15, 0.2) is 11.5 Å². The monoisotopic (exact) mass is 317 g/mol. The SMILES string of the molecule is COc1ccc(CCC(=O)Nc2ccc(F)cc2C)cc1OC. The molecule has 122 valence electrons. The van der Waals surface area contributed by atoms with Gasteiger partial charge in [-0.3, -0.25) is 4.79 Å². The van der Waals surface area contributed by atoms with Crippen molar-refractivity contribution < 1.29 is 18.7 Å². The number of rotatable bonds is 6. The fourth-order valence-corrected chi connectivity index (χ4v) is 2.27. The van der Waals surface area contributed by atoms with Crippen molar-refractivity contribution in [3.05, 3.63) is 53.3 Å². The molecule has 0 radical (unpaired) electrons. The first kappa shape index (κ1) is 16.8. The first-order valence-electron chi connectivity index (χ1n) is 7.30. The van der Waals surface area contributed by atoms with Gasteiger partial charge in [0.05, 0.1) is 14.2 Å². The highest BCUT2D eigenvalue weighted by Crippen LogP contribution is 2.28. The fourth-order valence-electron chi connectivity index (χ4n) is 2.27. The van der Waals surface area contributed by atoms with E-state index in [1.807, 2.05) is 18.2 Å². The van der Waals surface area contributed by atoms with E-state index in [0.717, 1.165) is 5.56 Å². The van der Waals surface area contributed by atoms with Crippen molar-refractivity contribution in [2.75, 3.05) is 19.5 Å². The summed E-state index contributed by atoms with van der Waals surface area (Å²) < 4.78 is 23.5. The number of carbonyl (C=O) groups is 1. The summed E-state index contributed by atoms with van der Waals surface area (Å²) >= 11 is 0. The third kappa shape index (κ3) is 4.45. The normalized spacial score (nSPS) is 10.3. The summed E-state index contributed by atoms with van der Waals surface area (Å²) in [5.41, 5.74) is 2.31. The zero-order valence-electron chi connectivity index (χ0n) is 13.5. The van der Waals surface area contributed by atoms with E-state index in [-0.39, 0.29) is 11.7 Å². The van der Waals surface area contributed by atoms with E-state index < -0.39 is 0 Å². The molecule has 0 saturated heterocycles. The molecule has 1 N–H and O–H groups in total. The van der Waals surface area contributed by atoms with Crippen molar-refractivity contribution in [1.82, 2.24) is 0 Å². The standard InChI is InChI=1S/C18H20FNO3/c1-12-10-14(19)6-7-15(12)20-18(21)9-5-13-4-8-16(22-2)17(11-13)23-3/h4,6-8,10-11H,5,9H2,1-3H3,(H,20,21). The smallest absolute Gasteiger partial charge is 0.224 e. The van der Waals surface area contributed by atoms with Gasteiger partial charge in [0.2, 0.25) is 5.91 Å². The molecule has 1 amide bonds. The second-order valence-corrected chi connectivity index (χ2v) is 5.20. The van der Waals surface area contributed by atoms with E-state index in [9.17, 15) is 9.18 Å². The fraction of sp³-hybridized carbons (Fsp3) is 0.278. The van der Waals surface area contributed by atoms with Gasteiger partial charge in [0.25, 0.3) is 0 Å². The van der Waals surface area contributed by atoms with Gasteiger partial charge in [0.1, 0.15) is 5.82 Å². The molecule has 2 rings (SSSR count). The molecule has 0 saturated carbocycles. The van der Waals surface area contributed by atoms with Gasteiger partial charge in [-0.2, -0.15) is 0 Å². The molecule has 0 aliphatic heterocycles. The molecule has 2 aromatic rings. The summed E-state index contributed by atoms with van der Waals surface area (Å²) in [6.07, 6.45) is 0.902. The number of hydrogen-bond acceptors (Lipinski definition) is 3. The average Bonchev–Trinajstić information content (AvgIpc) is 2.55. The average molecular weight is 317 g/mol. The first-order valence-corrected chi connectivity index (χ1v) is 7.30. The number of carbonyl (C=O) groups excluding carboxylic acids is 1. The van der Waals surface area contributed by atoms with Crippen LogP contribution in [0, 0.1) is 12.7 Å². The summed E-state index contributed by atoms with van der Waals surface area (Å²) in [6, 6.07) is 9.86. The van der Waals surface area contributed by atoms with Crippen molar-refractivity contribution in [3.8, 4) is 11.5 Å². The van der Waals surface area contributed by atoms with Crippen molar-refractivity contribution >= 4 is 11.6 Å². The van der Waals surface area contributed by atoms with Crippen LogP contribution in [0.15, 0.2) is 36.4 Å². The number of halogens is 1. The number of methoxy groups -OCH3 is 2. The number of benzene rings is 2. The van der Waals surface area contributed by atoms with Crippen LogP contribution in [0.5, 0.6) is 11.5 Å². The zero-order chi connectivity index (χ0) is 16.8. The number of hydrogen-bond donors (Lipinski definition) is 1. The molecule has 4 nitrogen and oxygen atoms in total. The van der Waals surface area contributed by atoms with Gasteiger partial charge in [-0.05, 0) is 54.8 Å². The maximum absolute atomic E-state index is 13.1. The van der Waals surface area contributed by atoms with Gasteiger partial charge < -0.3 is 14.8 Å². The molecule has 0 spiro atoms. The van der Waals surface area contributed by atoms with Gasteiger partial charge in [-0.25, -0.2) is 4.39 Å². The maximum atomic E-state index is 13.1. The molecule has 0 aliphatic rings. The Morgan fingerprint density at radius 3 is 2.48 bits per heavy atom. The minimum absolute atomic E-state index is 0.116. The lowest BCUT2D eigenvalue weighted by molar-refractivity contribution is -0.116. The Labute approximate surface area is 135 Å². The highest BCUT2D eigenvalue weighted by molar-refractivity contribution is 5.91. The van der Waals surface area contributed by atoms with Crippen LogP contribution in [0.3, 0.4) is 0 Å². The van der Waals surface area contributed by atoms with Crippen molar-refractivity contribution in [2.24, 2.45) is 0 Å². The summed E-state index contributed by atoms with van der Waals surface area (Å²) in [7, 11) is 3.15. The highest BCUT2D eigenvalue weighted by Gasteiger charge is 2.08. The molecule has 0 heterocycles. The van der Waals surface area contributed by atoms with Crippen LogP contribution in [0.2, 0.25) is 0 Å². The first-order chi connectivity index (χ1) is 11.0. The van der Waals surface area contributed by atoms with Crippen LogP contribution in [-0.4, -0.2) is 20.1 Å². The summed E-state index contributed by atoms with van der Waals surface area (Å²) in [5, 5.41) is 2.80. The summed E-state index contributed by atoms with van der Waals surface area (Å²) in [4.78, 5) is 12.0. The largest absolute Gasteiger partial charge is 0.493 e. The Morgan fingerprint density at radius 1 is 1.09 bits per heavy atom. The number of nitrogens with one attached hydrogen (secondary N) is 1. The molecule has 2 aromatic carbocycles. The predicted octanol–water partition coefficient (Wildman–Crippen LogP) is 3.72. The molecule has 23 heavy (non-hydrogen) atoms. The number of ether oxygens (including phenoxy) is 2. The van der Waals surface area contributed by atoms with E-state index in [4.69, 9.17) is 9.47 Å². The number of amides is 1. The Hall–Kier alpha value is -2.56. The quantitative estimate of drug-likeness (QED) is 0.883. The second-order valence-electron chi connectivity index (χ2n) is 5.20. The van der Waals surface area contributed by atoms with Crippen LogP contribution in [-0.2, 0) is 11.2 Å². The van der Waals surface area contributed by atoms with Crippen LogP contribution >= 0.6 is 0 Å². The lowest BCUT2D eigenvalue weighted by Crippen LogP contribution is -2.13. The third-order valence-corrected chi connectivity index (χ3v) is 3.55. The van der Waals surface area contributed by atoms with Gasteiger partial charge in [-0.15, -0.1) is 0 Å². The minimum atomic E-state index is -0.314. The van der Waals surface area contributed by atoms with Crippen LogP contribution in [0.1, 0.15) is 17.5 Å². The third-order valence-electron chi connectivity index (χ3n) is 3.55. The summed E-state index contributed by atoms with van der Waals surface area (Å²) in [5.74, 6) is 0.864. The van der Waals surface area contributed by atoms with E-state index in [1.54, 1.807) is 27.2 Å². The van der Waals surface area contributed by atoms with Gasteiger partial charge >= 0.3 is 0 Å². The Balaban J connectivity index is 1.96. The Morgan fingerprint density at radius 2 is 1.83 bits per heavy atom. The highest BCUT2D eigenvalue weighted by atomic mass is 19.1. The van der Waals surface area contributed by atoms with Crippen molar-refractivity contribution in [1.29, 1.82) is 0 Å². The van der Waals surface area contributed by atoms with Crippen LogP contribution in [0.25, 0.3) is 0 Å². The van der Waals surface area contributed by atoms with Crippen molar-refractivity contribution in [3.63, 3.8) is 0 Å². The molecule has 0 atom stereocenters. The van der Waals surface area contributed by atoms with Gasteiger partial charge in [0, 0.05) is 12.1 Å². The molecule has 0 bridgehead atoms. The molecular formula is C18H20FNO3. The van der Waals surface area contributed by atoms with E-state index in [2.05, 4.69) is 5.32 Å². The molecule has 0 fully saturated rings. The molecular weight excluding hydrogens is 297 g/mol. The number of aryl methyl sites for hydroxylation is 2. The molecule has 5 heteroatoms. The molecule has 0 unspecified atom stereocenters. The Bertz CT molecular complexity index is 701. The lowest BCUT2D eigenvalue weighted by Gasteiger charge is -2.10. The maximum Gasteiger partial charge on any atom is 0.224 e. The van der Waals surface area contributed by atoms with Crippen molar-refractivity contribution in [2.45, 2.75) is 19.8 Å².